The third-order valence-electron chi connectivity index (χ3n) is 3.67. The van der Waals surface area contributed by atoms with Gasteiger partial charge in [-0.1, -0.05) is 0 Å². The fraction of sp³-hybridized carbons (Fsp3) is 0.545. The predicted octanol–water partition coefficient (Wildman–Crippen LogP) is 0.167. The number of primary sulfonamides is 1. The summed E-state index contributed by atoms with van der Waals surface area (Å²) in [6.07, 6.45) is 1.97. The lowest BCUT2D eigenvalue weighted by Gasteiger charge is -2.32. The van der Waals surface area contributed by atoms with Gasteiger partial charge in [0.1, 0.15) is 4.90 Å². The maximum atomic E-state index is 13.8. The molecule has 9 heteroatoms. The minimum Gasteiger partial charge on any atom is -0.399 e. The Morgan fingerprint density at radius 3 is 2.15 bits per heavy atom. The molecule has 0 aliphatic carbocycles. The van der Waals surface area contributed by atoms with Gasteiger partial charge in [0.2, 0.25) is 10.0 Å². The first-order valence-corrected chi connectivity index (χ1v) is 7.52. The number of halogens is 1. The summed E-state index contributed by atoms with van der Waals surface area (Å²) in [5.41, 5.74) is -1.40. The van der Waals surface area contributed by atoms with Crippen LogP contribution in [0.5, 0.6) is 0 Å². The Kier molecular flexibility index (Phi) is 3.45. The normalized spacial score (nSPS) is 21.2. The van der Waals surface area contributed by atoms with Crippen LogP contribution >= 0.6 is 0 Å². The number of aromatic nitrogens is 1. The summed E-state index contributed by atoms with van der Waals surface area (Å²) in [6.45, 7) is 7.21. The highest BCUT2D eigenvalue weighted by molar-refractivity contribution is 7.89. The van der Waals surface area contributed by atoms with Crippen LogP contribution in [0, 0.1) is 5.82 Å². The zero-order valence-electron chi connectivity index (χ0n) is 11.7. The van der Waals surface area contributed by atoms with Gasteiger partial charge in [-0.3, -0.25) is 4.98 Å². The van der Waals surface area contributed by atoms with Crippen LogP contribution < -0.4 is 10.6 Å². The van der Waals surface area contributed by atoms with E-state index in [1.165, 1.54) is 6.20 Å². The first-order chi connectivity index (χ1) is 8.96. The summed E-state index contributed by atoms with van der Waals surface area (Å²) in [7, 11) is -5.30. The minimum absolute atomic E-state index is 0.0360. The smallest absolute Gasteiger partial charge is 0.399 e. The quantitative estimate of drug-likeness (QED) is 0.786. The van der Waals surface area contributed by atoms with Crippen LogP contribution in [0.3, 0.4) is 0 Å². The lowest BCUT2D eigenvalue weighted by Crippen LogP contribution is -2.41. The average molecular weight is 302 g/mol. The zero-order chi connectivity index (χ0) is 15.3. The number of hydrogen-bond acceptors (Lipinski definition) is 5. The molecule has 1 aliphatic rings. The first kappa shape index (κ1) is 15.4. The molecule has 1 saturated heterocycles. The summed E-state index contributed by atoms with van der Waals surface area (Å²) >= 11 is 0. The van der Waals surface area contributed by atoms with Gasteiger partial charge >= 0.3 is 7.12 Å². The first-order valence-electron chi connectivity index (χ1n) is 5.97. The summed E-state index contributed by atoms with van der Waals surface area (Å²) in [6, 6.07) is 0. The molecule has 2 N–H and O–H groups in total. The van der Waals surface area contributed by atoms with Crippen molar-refractivity contribution in [2.24, 2.45) is 5.14 Å². The van der Waals surface area contributed by atoms with Crippen molar-refractivity contribution in [3.05, 3.63) is 18.2 Å². The van der Waals surface area contributed by atoms with Crippen LogP contribution in [0.15, 0.2) is 17.3 Å². The molecule has 6 nitrogen and oxygen atoms in total. The Bertz CT molecular complexity index is 632. The van der Waals surface area contributed by atoms with Gasteiger partial charge in [0.15, 0.2) is 5.82 Å². The summed E-state index contributed by atoms with van der Waals surface area (Å²) < 4.78 is 48.2. The average Bonchev–Trinajstić information content (AvgIpc) is 2.46. The van der Waals surface area contributed by atoms with Gasteiger partial charge in [-0.05, 0) is 27.7 Å². The second kappa shape index (κ2) is 4.49. The van der Waals surface area contributed by atoms with Gasteiger partial charge in [-0.15, -0.1) is 0 Å². The molecule has 1 aromatic heterocycles. The van der Waals surface area contributed by atoms with Gasteiger partial charge in [-0.2, -0.15) is 0 Å². The molecule has 2 heterocycles. The van der Waals surface area contributed by atoms with E-state index >= 15 is 0 Å². The third-order valence-corrected chi connectivity index (χ3v) is 4.67. The van der Waals surface area contributed by atoms with E-state index in [1.807, 2.05) is 0 Å². The number of hydrogen-bond donors (Lipinski definition) is 1. The summed E-state index contributed by atoms with van der Waals surface area (Å²) in [4.78, 5) is 3.00. The fourth-order valence-electron chi connectivity index (χ4n) is 1.88. The van der Waals surface area contributed by atoms with Crippen molar-refractivity contribution in [2.75, 3.05) is 0 Å². The predicted molar refractivity (Wildman–Crippen MR) is 71.3 cm³/mol. The van der Waals surface area contributed by atoms with Crippen molar-refractivity contribution in [1.29, 1.82) is 0 Å². The number of pyridine rings is 1. The summed E-state index contributed by atoms with van der Waals surface area (Å²) in [5.74, 6) is -1.03. The molecule has 110 valence electrons. The number of sulfonamides is 1. The number of nitrogens with two attached hydrogens (primary N) is 1. The van der Waals surface area contributed by atoms with Gasteiger partial charge < -0.3 is 9.31 Å². The molecule has 0 radical (unpaired) electrons. The maximum Gasteiger partial charge on any atom is 0.497 e. The van der Waals surface area contributed by atoms with E-state index in [9.17, 15) is 12.8 Å². The van der Waals surface area contributed by atoms with Gasteiger partial charge in [0.05, 0.1) is 17.4 Å². The molecule has 0 saturated carbocycles. The highest BCUT2D eigenvalue weighted by atomic mass is 32.2. The van der Waals surface area contributed by atoms with Crippen LogP contribution in [0.2, 0.25) is 0 Å². The molecule has 0 bridgehead atoms. The summed E-state index contributed by atoms with van der Waals surface area (Å²) in [5, 5.41) is 5.05. The Morgan fingerprint density at radius 2 is 1.70 bits per heavy atom. The van der Waals surface area contributed by atoms with Gasteiger partial charge in [-0.25, -0.2) is 17.9 Å². The highest BCUT2D eigenvalue weighted by Gasteiger charge is 2.53. The van der Waals surface area contributed by atoms with Crippen molar-refractivity contribution < 1.29 is 22.1 Å². The van der Waals surface area contributed by atoms with Crippen molar-refractivity contribution in [2.45, 2.75) is 43.8 Å². The zero-order valence-corrected chi connectivity index (χ0v) is 12.5. The Balaban J connectivity index is 2.55. The lowest BCUT2D eigenvalue weighted by molar-refractivity contribution is 0.00578. The fourth-order valence-corrected chi connectivity index (χ4v) is 2.68. The van der Waals surface area contributed by atoms with E-state index in [2.05, 4.69) is 4.98 Å². The molecule has 0 atom stereocenters. The molecule has 1 aromatic rings. The Hall–Kier alpha value is -1.03. The Morgan fingerprint density at radius 1 is 1.20 bits per heavy atom. The van der Waals surface area contributed by atoms with Gasteiger partial charge in [0.25, 0.3) is 0 Å². The van der Waals surface area contributed by atoms with Crippen LogP contribution in [-0.4, -0.2) is 31.7 Å². The van der Waals surface area contributed by atoms with E-state index in [1.54, 1.807) is 27.7 Å². The highest BCUT2D eigenvalue weighted by Crippen LogP contribution is 2.36. The molecule has 0 unspecified atom stereocenters. The van der Waals surface area contributed by atoms with Crippen LogP contribution in [0.25, 0.3) is 0 Å². The van der Waals surface area contributed by atoms with Crippen molar-refractivity contribution >= 4 is 22.6 Å². The maximum absolute atomic E-state index is 13.8. The number of nitrogens with zero attached hydrogens (tertiary/aromatic N) is 1. The van der Waals surface area contributed by atoms with Gasteiger partial charge in [0, 0.05) is 11.7 Å². The second-order valence-corrected chi connectivity index (χ2v) is 7.17. The molecule has 2 rings (SSSR count). The number of rotatable bonds is 2. The largest absolute Gasteiger partial charge is 0.497 e. The molecule has 1 aliphatic heterocycles. The minimum atomic E-state index is -4.25. The molecular formula is C11H16BFN2O4S. The van der Waals surface area contributed by atoms with Crippen molar-refractivity contribution in [3.63, 3.8) is 0 Å². The van der Waals surface area contributed by atoms with Crippen LogP contribution in [0.1, 0.15) is 27.7 Å². The Labute approximate surface area is 117 Å². The molecule has 1 fully saturated rings. The van der Waals surface area contributed by atoms with Crippen LogP contribution in [0.4, 0.5) is 4.39 Å². The van der Waals surface area contributed by atoms with E-state index in [0.717, 1.165) is 6.20 Å². The molecule has 0 amide bonds. The molecule has 20 heavy (non-hydrogen) atoms. The second-order valence-electron chi connectivity index (χ2n) is 5.67. The monoisotopic (exact) mass is 302 g/mol. The molecule has 0 aromatic carbocycles. The van der Waals surface area contributed by atoms with Crippen molar-refractivity contribution in [3.8, 4) is 0 Å². The SMILES string of the molecule is CC1(C)OB(c2cncc(F)c2S(N)(=O)=O)OC1(C)C. The van der Waals surface area contributed by atoms with E-state index in [0.29, 0.717) is 0 Å². The van der Waals surface area contributed by atoms with Crippen molar-refractivity contribution in [1.82, 2.24) is 4.98 Å². The van der Waals surface area contributed by atoms with E-state index < -0.39 is 39.1 Å². The molecular weight excluding hydrogens is 286 g/mol. The third kappa shape index (κ3) is 2.46. The lowest BCUT2D eigenvalue weighted by atomic mass is 9.80. The van der Waals surface area contributed by atoms with Crippen LogP contribution in [-0.2, 0) is 19.3 Å². The topological polar surface area (TPSA) is 91.5 Å². The molecule has 0 spiro atoms. The standard InChI is InChI=1S/C11H16BFN2O4S/c1-10(2)11(3,4)19-12(18-10)7-5-15-6-8(13)9(7)20(14,16)17/h5-6H,1-4H3,(H2,14,16,17). The van der Waals surface area contributed by atoms with E-state index in [4.69, 9.17) is 14.4 Å². The van der Waals surface area contributed by atoms with E-state index in [-0.39, 0.29) is 5.46 Å².